The molecule has 1 aromatic carbocycles. The molecule has 0 bridgehead atoms. The molecule has 5 heterocycles. The van der Waals surface area contributed by atoms with Crippen molar-refractivity contribution in [2.24, 2.45) is 0 Å². The van der Waals surface area contributed by atoms with Crippen molar-refractivity contribution in [1.82, 2.24) is 40.0 Å². The summed E-state index contributed by atoms with van der Waals surface area (Å²) in [6.45, 7) is 3.58. The van der Waals surface area contributed by atoms with E-state index in [1.54, 1.807) is 24.8 Å². The first-order valence-corrected chi connectivity index (χ1v) is 12.2. The van der Waals surface area contributed by atoms with Gasteiger partial charge in [0, 0.05) is 60.3 Å². The minimum absolute atomic E-state index is 0.327. The van der Waals surface area contributed by atoms with Crippen LogP contribution in [0.5, 0.6) is 0 Å². The summed E-state index contributed by atoms with van der Waals surface area (Å²) in [5.74, 6) is 0.269. The normalized spacial score (nSPS) is 11.6. The predicted molar refractivity (Wildman–Crippen MR) is 147 cm³/mol. The fourth-order valence-electron chi connectivity index (χ4n) is 4.53. The predicted octanol–water partition coefficient (Wildman–Crippen LogP) is 5.05. The number of H-pyrrole nitrogens is 2. The molecule has 6 aromatic rings. The third-order valence-corrected chi connectivity index (χ3v) is 6.49. The van der Waals surface area contributed by atoms with Crippen molar-refractivity contribution < 1.29 is 4.39 Å². The number of fused-ring (bicyclic) bond motifs is 2. The molecule has 5 aromatic heterocycles. The molecule has 0 radical (unpaired) electrons. The van der Waals surface area contributed by atoms with Crippen LogP contribution in [0.4, 0.5) is 10.1 Å². The van der Waals surface area contributed by atoms with Gasteiger partial charge in [-0.1, -0.05) is 0 Å². The van der Waals surface area contributed by atoms with E-state index in [1.807, 2.05) is 45.4 Å². The quantitative estimate of drug-likeness (QED) is 0.277. The van der Waals surface area contributed by atoms with E-state index < -0.39 is 0 Å². The van der Waals surface area contributed by atoms with Crippen molar-refractivity contribution in [1.29, 1.82) is 0 Å². The number of rotatable bonds is 7. The van der Waals surface area contributed by atoms with Crippen LogP contribution in [0.2, 0.25) is 0 Å². The fraction of sp³-hybridized carbons (Fsp3) is 0.179. The Morgan fingerprint density at radius 1 is 0.974 bits per heavy atom. The summed E-state index contributed by atoms with van der Waals surface area (Å²) in [5, 5.41) is 11.6. The van der Waals surface area contributed by atoms with E-state index >= 15 is 0 Å². The van der Waals surface area contributed by atoms with Crippen molar-refractivity contribution in [3.05, 3.63) is 72.7 Å². The molecule has 190 valence electrons. The number of aromatic amines is 2. The van der Waals surface area contributed by atoms with E-state index in [9.17, 15) is 4.39 Å². The Morgan fingerprint density at radius 2 is 1.84 bits per heavy atom. The third-order valence-electron chi connectivity index (χ3n) is 6.49. The molecule has 0 spiro atoms. The third kappa shape index (κ3) is 4.46. The number of halogens is 1. The van der Waals surface area contributed by atoms with Gasteiger partial charge < -0.3 is 15.2 Å². The summed E-state index contributed by atoms with van der Waals surface area (Å²) in [4.78, 5) is 23.5. The first-order chi connectivity index (χ1) is 18.5. The zero-order valence-electron chi connectivity index (χ0n) is 21.2. The van der Waals surface area contributed by atoms with Gasteiger partial charge in [-0.05, 0) is 62.5 Å². The number of imidazole rings is 1. The maximum Gasteiger partial charge on any atom is 0.181 e. The molecule has 0 saturated heterocycles. The minimum Gasteiger partial charge on any atom is -0.384 e. The Hall–Kier alpha value is -4.70. The van der Waals surface area contributed by atoms with Gasteiger partial charge in [-0.25, -0.2) is 14.4 Å². The highest BCUT2D eigenvalue weighted by atomic mass is 19.1. The molecule has 0 aliphatic rings. The number of aromatic nitrogens is 7. The molecular formula is C28H26FN9. The number of likely N-dealkylation sites (N-methyl/N-ethyl adjacent to an activating group) is 1. The van der Waals surface area contributed by atoms with E-state index in [0.29, 0.717) is 40.5 Å². The molecule has 0 fully saturated rings. The summed E-state index contributed by atoms with van der Waals surface area (Å²) in [7, 11) is 4.00. The lowest BCUT2D eigenvalue weighted by Crippen LogP contribution is -2.20. The number of anilines is 1. The number of pyridine rings is 3. The number of aryl methyl sites for hydroxylation is 1. The van der Waals surface area contributed by atoms with Crippen molar-refractivity contribution in [2.45, 2.75) is 6.92 Å². The van der Waals surface area contributed by atoms with Gasteiger partial charge >= 0.3 is 0 Å². The Labute approximate surface area is 218 Å². The summed E-state index contributed by atoms with van der Waals surface area (Å²) in [6.07, 6.45) is 8.83. The molecule has 9 nitrogen and oxygen atoms in total. The van der Waals surface area contributed by atoms with Gasteiger partial charge in [-0.2, -0.15) is 5.10 Å². The zero-order valence-corrected chi connectivity index (χ0v) is 21.2. The molecule has 0 atom stereocenters. The number of benzene rings is 1. The summed E-state index contributed by atoms with van der Waals surface area (Å²) < 4.78 is 14.6. The summed E-state index contributed by atoms with van der Waals surface area (Å²) in [6, 6.07) is 8.92. The van der Waals surface area contributed by atoms with Gasteiger partial charge in [0.2, 0.25) is 0 Å². The lowest BCUT2D eigenvalue weighted by atomic mass is 10.0. The second-order valence-corrected chi connectivity index (χ2v) is 9.51. The van der Waals surface area contributed by atoms with Crippen LogP contribution in [0.3, 0.4) is 0 Å². The van der Waals surface area contributed by atoms with Crippen LogP contribution in [-0.2, 0) is 0 Å². The fourth-order valence-corrected chi connectivity index (χ4v) is 4.53. The van der Waals surface area contributed by atoms with Crippen LogP contribution in [-0.4, -0.2) is 67.2 Å². The maximum absolute atomic E-state index is 14.6. The molecule has 10 heteroatoms. The van der Waals surface area contributed by atoms with Crippen LogP contribution >= 0.6 is 0 Å². The highest BCUT2D eigenvalue weighted by Crippen LogP contribution is 2.33. The van der Waals surface area contributed by atoms with Crippen LogP contribution in [0.1, 0.15) is 5.56 Å². The first kappa shape index (κ1) is 23.7. The maximum atomic E-state index is 14.6. The van der Waals surface area contributed by atoms with E-state index in [4.69, 9.17) is 4.98 Å². The second kappa shape index (κ2) is 9.64. The number of hydrogen-bond donors (Lipinski definition) is 3. The molecule has 0 aliphatic carbocycles. The van der Waals surface area contributed by atoms with Crippen LogP contribution in [0.25, 0.3) is 55.8 Å². The summed E-state index contributed by atoms with van der Waals surface area (Å²) in [5.41, 5.74) is 7.91. The van der Waals surface area contributed by atoms with Gasteiger partial charge in [0.25, 0.3) is 0 Å². The number of nitrogens with zero attached hydrogens (tertiary/aromatic N) is 6. The average Bonchev–Trinajstić information content (AvgIpc) is 3.52. The first-order valence-electron chi connectivity index (χ1n) is 12.2. The van der Waals surface area contributed by atoms with Crippen molar-refractivity contribution in [2.75, 3.05) is 32.5 Å². The Bertz CT molecular complexity index is 1770. The highest BCUT2D eigenvalue weighted by molar-refractivity contribution is 5.97. The molecule has 38 heavy (non-hydrogen) atoms. The Morgan fingerprint density at radius 3 is 2.68 bits per heavy atom. The average molecular weight is 508 g/mol. The molecule has 6 rings (SSSR count). The van der Waals surface area contributed by atoms with Crippen LogP contribution < -0.4 is 5.32 Å². The van der Waals surface area contributed by atoms with Gasteiger partial charge in [0.1, 0.15) is 11.5 Å². The zero-order chi connectivity index (χ0) is 26.2. The van der Waals surface area contributed by atoms with E-state index in [1.165, 1.54) is 12.1 Å². The van der Waals surface area contributed by atoms with Crippen molar-refractivity contribution in [3.8, 4) is 33.8 Å². The molecule has 0 aliphatic heterocycles. The lowest BCUT2D eigenvalue weighted by Gasteiger charge is -2.12. The Kier molecular flexibility index (Phi) is 6.01. The lowest BCUT2D eigenvalue weighted by molar-refractivity contribution is 0.425. The van der Waals surface area contributed by atoms with Crippen molar-refractivity contribution in [3.63, 3.8) is 0 Å². The molecule has 0 amide bonds. The Balaban J connectivity index is 1.41. The van der Waals surface area contributed by atoms with Crippen LogP contribution in [0, 0.1) is 12.7 Å². The van der Waals surface area contributed by atoms with Gasteiger partial charge in [-0.3, -0.25) is 15.1 Å². The summed E-state index contributed by atoms with van der Waals surface area (Å²) >= 11 is 0. The number of hydrogen-bond acceptors (Lipinski definition) is 7. The topological polar surface area (TPSA) is 111 Å². The standard InChI is InChI=1S/C28H26FN9/c1-16-4-5-30-13-22(16)18-10-21-26(36-37-27(21)33-12-18)28-34-24-15-31-14-23(25(24)35-28)17-8-19(29)11-20(9-17)32-6-7-38(2)3/h4-5,8-15,32H,6-7H2,1-3H3,(H,34,35)(H,33,36,37). The van der Waals surface area contributed by atoms with E-state index in [0.717, 1.165) is 39.7 Å². The molecule has 0 unspecified atom stereocenters. The SMILES string of the molecule is Cc1ccncc1-c1cnc2n[nH]c(-c3nc4c(-c5cc(F)cc(NCCN(C)C)c5)cncc4[nH]3)c2c1. The van der Waals surface area contributed by atoms with E-state index in [-0.39, 0.29) is 5.82 Å². The largest absolute Gasteiger partial charge is 0.384 e. The monoisotopic (exact) mass is 507 g/mol. The molecular weight excluding hydrogens is 481 g/mol. The highest BCUT2D eigenvalue weighted by Gasteiger charge is 2.17. The minimum atomic E-state index is -0.327. The number of nitrogens with one attached hydrogen (secondary N) is 3. The van der Waals surface area contributed by atoms with E-state index in [2.05, 4.69) is 40.3 Å². The van der Waals surface area contributed by atoms with Gasteiger partial charge in [-0.15, -0.1) is 0 Å². The smallest absolute Gasteiger partial charge is 0.181 e. The van der Waals surface area contributed by atoms with Crippen LogP contribution in [0.15, 0.2) is 61.3 Å². The van der Waals surface area contributed by atoms with Gasteiger partial charge in [0.05, 0.1) is 22.6 Å². The molecule has 0 saturated carbocycles. The van der Waals surface area contributed by atoms with Gasteiger partial charge in [0.15, 0.2) is 11.5 Å². The second-order valence-electron chi connectivity index (χ2n) is 9.51. The van der Waals surface area contributed by atoms with Crippen molar-refractivity contribution >= 4 is 27.8 Å². The molecule has 3 N–H and O–H groups in total.